The fourth-order valence-corrected chi connectivity index (χ4v) is 2.65. The second-order valence-electron chi connectivity index (χ2n) is 5.32. The molecule has 2 nitrogen and oxygen atoms in total. The van der Waals surface area contributed by atoms with Crippen LogP contribution in [0.2, 0.25) is 0 Å². The van der Waals surface area contributed by atoms with Crippen LogP contribution in [-0.2, 0) is 0 Å². The Morgan fingerprint density at radius 2 is 1.57 bits per heavy atom. The van der Waals surface area contributed by atoms with E-state index in [-0.39, 0.29) is 0 Å². The highest BCUT2D eigenvalue weighted by Gasteiger charge is 2.30. The molecule has 2 heteroatoms. The number of nitrogens with zero attached hydrogens (tertiary/aromatic N) is 2. The van der Waals surface area contributed by atoms with Crippen molar-refractivity contribution in [1.82, 2.24) is 4.70 Å². The van der Waals surface area contributed by atoms with Crippen LogP contribution in [-0.4, -0.2) is 0 Å². The van der Waals surface area contributed by atoms with Gasteiger partial charge in [-0.25, -0.2) is 0 Å². The zero-order valence-corrected chi connectivity index (χ0v) is 11.8. The summed E-state index contributed by atoms with van der Waals surface area (Å²) in [5.41, 5.74) is 7.04. The smallest absolute Gasteiger partial charge is 0.0622 e. The lowest BCUT2D eigenvalue weighted by Gasteiger charge is -2.10. The summed E-state index contributed by atoms with van der Waals surface area (Å²) in [6, 6.07) is 25.3. The van der Waals surface area contributed by atoms with Crippen molar-refractivity contribution in [2.75, 3.05) is 0 Å². The van der Waals surface area contributed by atoms with Gasteiger partial charge in [0.2, 0.25) is 11.4 Å². The van der Waals surface area contributed by atoms with Gasteiger partial charge < -0.3 is 0 Å². The van der Waals surface area contributed by atoms with E-state index in [1.807, 2.05) is 10.8 Å². The van der Waals surface area contributed by atoms with Crippen molar-refractivity contribution in [3.8, 4) is 11.1 Å². The molecule has 3 aromatic rings. The normalized spacial score (nSPS) is 12.3. The first-order valence-electron chi connectivity index (χ1n) is 7.09. The molecule has 0 unspecified atom stereocenters. The lowest BCUT2D eigenvalue weighted by molar-refractivity contribution is 0.838. The van der Waals surface area contributed by atoms with Gasteiger partial charge in [-0.3, -0.25) is 0 Å². The summed E-state index contributed by atoms with van der Waals surface area (Å²) in [6.45, 7) is 2.11. The molecule has 1 aliphatic heterocycles. The average Bonchev–Trinajstić information content (AvgIpc) is 2.52. The van der Waals surface area contributed by atoms with Crippen molar-refractivity contribution in [3.05, 3.63) is 78.4 Å². The number of rotatable bonds is 2. The molecule has 100 valence electrons. The topological polar surface area (TPSA) is 15.4 Å². The van der Waals surface area contributed by atoms with E-state index >= 15 is 0 Å². The third-order valence-electron chi connectivity index (χ3n) is 3.76. The van der Waals surface area contributed by atoms with Gasteiger partial charge in [0.1, 0.15) is 0 Å². The van der Waals surface area contributed by atoms with Crippen LogP contribution >= 0.6 is 0 Å². The summed E-state index contributed by atoms with van der Waals surface area (Å²) in [5.74, 6) is 0. The summed E-state index contributed by atoms with van der Waals surface area (Å²) in [5, 5.41) is 4.56. The van der Waals surface area contributed by atoms with Crippen molar-refractivity contribution in [3.63, 3.8) is 0 Å². The SMILES string of the molecule is Cc1ccc2c(c1)[N+](c1cccc(-c3ccccc3)c1)=N2. The van der Waals surface area contributed by atoms with Crippen LogP contribution in [0.25, 0.3) is 11.1 Å². The zero-order valence-electron chi connectivity index (χ0n) is 11.8. The van der Waals surface area contributed by atoms with Crippen LogP contribution in [0.15, 0.2) is 77.9 Å². The van der Waals surface area contributed by atoms with Gasteiger partial charge in [-0.05, 0) is 34.4 Å². The Kier molecular flexibility index (Phi) is 2.68. The molecular weight excluding hydrogens is 256 g/mol. The molecule has 0 N–H and O–H groups in total. The second-order valence-corrected chi connectivity index (χ2v) is 5.32. The van der Waals surface area contributed by atoms with Gasteiger partial charge in [-0.15, -0.1) is 0 Å². The predicted molar refractivity (Wildman–Crippen MR) is 86.6 cm³/mol. The number of hydrogen-bond acceptors (Lipinski definition) is 1. The van der Waals surface area contributed by atoms with E-state index in [4.69, 9.17) is 0 Å². The highest BCUT2D eigenvalue weighted by Crippen LogP contribution is 2.41. The van der Waals surface area contributed by atoms with Crippen LogP contribution in [0.3, 0.4) is 0 Å². The van der Waals surface area contributed by atoms with Crippen LogP contribution < -0.4 is 4.70 Å². The van der Waals surface area contributed by atoms with Gasteiger partial charge in [0.05, 0.1) is 0 Å². The minimum absolute atomic E-state index is 1.06. The number of fused-ring (bicyclic) bond motifs is 1. The van der Waals surface area contributed by atoms with E-state index < -0.39 is 0 Å². The molecule has 0 spiro atoms. The predicted octanol–water partition coefficient (Wildman–Crippen LogP) is 5.59. The van der Waals surface area contributed by atoms with Gasteiger partial charge in [-0.2, -0.15) is 0 Å². The van der Waals surface area contributed by atoms with Crippen molar-refractivity contribution in [2.45, 2.75) is 6.92 Å². The van der Waals surface area contributed by atoms with Gasteiger partial charge in [0, 0.05) is 23.3 Å². The summed E-state index contributed by atoms with van der Waals surface area (Å²) in [6.07, 6.45) is 0. The van der Waals surface area contributed by atoms with E-state index in [1.165, 1.54) is 22.4 Å². The molecule has 1 aliphatic rings. The molecule has 0 fully saturated rings. The lowest BCUT2D eigenvalue weighted by Crippen LogP contribution is -2.08. The number of azo groups is 2. The van der Waals surface area contributed by atoms with Crippen LogP contribution in [0.1, 0.15) is 5.56 Å². The average molecular weight is 271 g/mol. The maximum atomic E-state index is 4.56. The number of hydrogen-bond donors (Lipinski definition) is 0. The lowest BCUT2D eigenvalue weighted by atomic mass is 10.0. The van der Waals surface area contributed by atoms with Gasteiger partial charge >= 0.3 is 0 Å². The zero-order chi connectivity index (χ0) is 14.2. The molecule has 4 rings (SSSR count). The van der Waals surface area contributed by atoms with E-state index in [9.17, 15) is 0 Å². The third-order valence-corrected chi connectivity index (χ3v) is 3.76. The third kappa shape index (κ3) is 2.05. The molecule has 0 amide bonds. The van der Waals surface area contributed by atoms with E-state index in [0.717, 1.165) is 11.4 Å². The maximum absolute atomic E-state index is 4.56. The molecule has 3 aromatic carbocycles. The Labute approximate surface area is 124 Å². The molecule has 21 heavy (non-hydrogen) atoms. The van der Waals surface area contributed by atoms with E-state index in [1.54, 1.807) is 0 Å². The summed E-state index contributed by atoms with van der Waals surface area (Å²) in [4.78, 5) is 0. The summed E-state index contributed by atoms with van der Waals surface area (Å²) >= 11 is 0. The summed E-state index contributed by atoms with van der Waals surface area (Å²) in [7, 11) is 0. The van der Waals surface area contributed by atoms with E-state index in [2.05, 4.69) is 78.8 Å². The van der Waals surface area contributed by atoms with Crippen molar-refractivity contribution < 1.29 is 0 Å². The largest absolute Gasteiger partial charge is 0.270 e. The fraction of sp³-hybridized carbons (Fsp3) is 0.0526. The monoisotopic (exact) mass is 271 g/mol. The first kappa shape index (κ1) is 12.0. The highest BCUT2D eigenvalue weighted by molar-refractivity contribution is 5.74. The Hall–Kier alpha value is -2.74. The summed E-state index contributed by atoms with van der Waals surface area (Å²) < 4.78 is 2.01. The molecule has 0 radical (unpaired) electrons. The number of aryl methyl sites for hydroxylation is 1. The molecular formula is C19H15N2+. The molecule has 0 saturated heterocycles. The van der Waals surface area contributed by atoms with Gasteiger partial charge in [-0.1, -0.05) is 48.5 Å². The standard InChI is InChI=1S/C19H15N2/c1-14-10-11-18-19(12-14)21(20-18)17-9-5-8-16(13-17)15-6-3-2-4-7-15/h2-13H,1H3/q+1. The molecule has 0 bridgehead atoms. The Balaban J connectivity index is 1.75. The Bertz CT molecular complexity index is 848. The minimum Gasteiger partial charge on any atom is -0.0622 e. The van der Waals surface area contributed by atoms with Crippen LogP contribution in [0.5, 0.6) is 0 Å². The Morgan fingerprint density at radius 3 is 2.43 bits per heavy atom. The highest BCUT2D eigenvalue weighted by atomic mass is 15.3. The number of benzene rings is 3. The van der Waals surface area contributed by atoms with Crippen molar-refractivity contribution >= 4 is 17.1 Å². The molecule has 0 saturated carbocycles. The molecule has 0 aliphatic carbocycles. The van der Waals surface area contributed by atoms with Crippen LogP contribution in [0, 0.1) is 6.92 Å². The van der Waals surface area contributed by atoms with Gasteiger partial charge in [0.25, 0.3) is 5.69 Å². The fourth-order valence-electron chi connectivity index (χ4n) is 2.65. The first-order valence-corrected chi connectivity index (χ1v) is 7.09. The maximum Gasteiger partial charge on any atom is 0.270 e. The quantitative estimate of drug-likeness (QED) is 0.422. The van der Waals surface area contributed by atoms with Crippen LogP contribution in [0.4, 0.5) is 17.1 Å². The Morgan fingerprint density at radius 1 is 0.762 bits per heavy atom. The minimum atomic E-state index is 1.06. The molecule has 1 heterocycles. The van der Waals surface area contributed by atoms with Crippen molar-refractivity contribution in [1.29, 1.82) is 0 Å². The molecule has 0 atom stereocenters. The second kappa shape index (κ2) is 4.67. The first-order chi connectivity index (χ1) is 10.3. The van der Waals surface area contributed by atoms with Gasteiger partial charge in [0.15, 0.2) is 0 Å². The van der Waals surface area contributed by atoms with Crippen molar-refractivity contribution in [2.24, 2.45) is 5.11 Å². The van der Waals surface area contributed by atoms with E-state index in [0.29, 0.717) is 0 Å². The molecule has 0 aromatic heterocycles.